The van der Waals surface area contributed by atoms with Gasteiger partial charge in [0.2, 0.25) is 0 Å². The molecule has 1 aliphatic heterocycles. The van der Waals surface area contributed by atoms with E-state index in [1.54, 1.807) is 6.92 Å². The SMILES string of the molecule is CCOC(=O)C1=C(O)COc2ccc(-c3ccccc3)cc21. The van der Waals surface area contributed by atoms with Crippen molar-refractivity contribution in [3.63, 3.8) is 0 Å². The number of benzene rings is 2. The van der Waals surface area contributed by atoms with Crippen LogP contribution >= 0.6 is 0 Å². The molecule has 0 amide bonds. The van der Waals surface area contributed by atoms with Crippen LogP contribution in [0.2, 0.25) is 0 Å². The molecule has 0 radical (unpaired) electrons. The predicted molar refractivity (Wildman–Crippen MR) is 83.6 cm³/mol. The van der Waals surface area contributed by atoms with Crippen molar-refractivity contribution in [2.75, 3.05) is 13.2 Å². The van der Waals surface area contributed by atoms with Crippen molar-refractivity contribution in [2.45, 2.75) is 6.92 Å². The summed E-state index contributed by atoms with van der Waals surface area (Å²) in [6.07, 6.45) is 0. The number of esters is 1. The third kappa shape index (κ3) is 2.55. The van der Waals surface area contributed by atoms with Gasteiger partial charge in [-0.3, -0.25) is 0 Å². The molecular weight excluding hydrogens is 280 g/mol. The normalized spacial score (nSPS) is 13.3. The van der Waals surface area contributed by atoms with Gasteiger partial charge in [-0.2, -0.15) is 0 Å². The summed E-state index contributed by atoms with van der Waals surface area (Å²) in [5.74, 6) is -0.0635. The number of aliphatic hydroxyl groups is 1. The first-order valence-corrected chi connectivity index (χ1v) is 7.12. The second-order valence-corrected chi connectivity index (χ2v) is 4.91. The molecule has 2 aromatic rings. The van der Waals surface area contributed by atoms with Crippen LogP contribution in [0, 0.1) is 0 Å². The van der Waals surface area contributed by atoms with Gasteiger partial charge in [0, 0.05) is 5.56 Å². The van der Waals surface area contributed by atoms with Gasteiger partial charge in [0.15, 0.2) is 0 Å². The first kappa shape index (κ1) is 14.2. The summed E-state index contributed by atoms with van der Waals surface area (Å²) >= 11 is 0. The Morgan fingerprint density at radius 2 is 1.95 bits per heavy atom. The molecule has 0 bridgehead atoms. The van der Waals surface area contributed by atoms with E-state index in [0.717, 1.165) is 11.1 Å². The van der Waals surface area contributed by atoms with E-state index in [0.29, 0.717) is 11.3 Å². The van der Waals surface area contributed by atoms with Crippen LogP contribution < -0.4 is 4.74 Å². The molecular formula is C18H16O4. The lowest BCUT2D eigenvalue weighted by molar-refractivity contribution is -0.136. The molecule has 1 aliphatic rings. The fraction of sp³-hybridized carbons (Fsp3) is 0.167. The average molecular weight is 296 g/mol. The van der Waals surface area contributed by atoms with Gasteiger partial charge >= 0.3 is 5.97 Å². The molecule has 0 unspecified atom stereocenters. The summed E-state index contributed by atoms with van der Waals surface area (Å²) in [7, 11) is 0. The Morgan fingerprint density at radius 1 is 1.18 bits per heavy atom. The van der Waals surface area contributed by atoms with Crippen LogP contribution in [-0.4, -0.2) is 24.3 Å². The number of rotatable bonds is 3. The molecule has 22 heavy (non-hydrogen) atoms. The quantitative estimate of drug-likeness (QED) is 0.880. The zero-order valence-corrected chi connectivity index (χ0v) is 12.2. The monoisotopic (exact) mass is 296 g/mol. The maximum atomic E-state index is 12.1. The zero-order chi connectivity index (χ0) is 15.5. The van der Waals surface area contributed by atoms with Crippen LogP contribution in [0.15, 0.2) is 54.3 Å². The average Bonchev–Trinajstić information content (AvgIpc) is 2.55. The first-order valence-electron chi connectivity index (χ1n) is 7.12. The van der Waals surface area contributed by atoms with Crippen LogP contribution in [0.1, 0.15) is 12.5 Å². The predicted octanol–water partition coefficient (Wildman–Crippen LogP) is 3.58. The van der Waals surface area contributed by atoms with Crippen LogP contribution in [0.5, 0.6) is 5.75 Å². The van der Waals surface area contributed by atoms with Gasteiger partial charge in [-0.25, -0.2) is 4.79 Å². The lowest BCUT2D eigenvalue weighted by Gasteiger charge is -2.20. The highest BCUT2D eigenvalue weighted by Crippen LogP contribution is 2.36. The van der Waals surface area contributed by atoms with E-state index in [9.17, 15) is 9.90 Å². The Morgan fingerprint density at radius 3 is 2.68 bits per heavy atom. The topological polar surface area (TPSA) is 55.8 Å². The molecule has 4 nitrogen and oxygen atoms in total. The summed E-state index contributed by atoms with van der Waals surface area (Å²) < 4.78 is 10.5. The Bertz CT molecular complexity index is 732. The van der Waals surface area contributed by atoms with Crippen molar-refractivity contribution in [2.24, 2.45) is 0 Å². The number of carbonyl (C=O) groups excluding carboxylic acids is 1. The maximum Gasteiger partial charge on any atom is 0.342 e. The Hall–Kier alpha value is -2.75. The van der Waals surface area contributed by atoms with Gasteiger partial charge in [-0.05, 0) is 30.2 Å². The fourth-order valence-electron chi connectivity index (χ4n) is 2.47. The van der Waals surface area contributed by atoms with Gasteiger partial charge in [-0.1, -0.05) is 36.4 Å². The summed E-state index contributed by atoms with van der Waals surface area (Å²) in [5, 5.41) is 10.0. The molecule has 0 fully saturated rings. The summed E-state index contributed by atoms with van der Waals surface area (Å²) in [6.45, 7) is 1.96. The fourth-order valence-corrected chi connectivity index (χ4v) is 2.47. The summed E-state index contributed by atoms with van der Waals surface area (Å²) in [6, 6.07) is 15.4. The minimum absolute atomic E-state index is 0.0220. The highest BCUT2D eigenvalue weighted by atomic mass is 16.5. The van der Waals surface area contributed by atoms with Gasteiger partial charge < -0.3 is 14.6 Å². The number of ether oxygens (including phenoxy) is 2. The van der Waals surface area contributed by atoms with Crippen molar-refractivity contribution < 1.29 is 19.4 Å². The van der Waals surface area contributed by atoms with Crippen LogP contribution in [0.25, 0.3) is 16.7 Å². The molecule has 1 heterocycles. The minimum Gasteiger partial charge on any atom is -0.508 e. The summed E-state index contributed by atoms with van der Waals surface area (Å²) in [4.78, 5) is 12.1. The molecule has 1 N–H and O–H groups in total. The zero-order valence-electron chi connectivity index (χ0n) is 12.2. The number of aliphatic hydroxyl groups excluding tert-OH is 1. The van der Waals surface area contributed by atoms with E-state index < -0.39 is 5.97 Å². The van der Waals surface area contributed by atoms with Crippen molar-refractivity contribution >= 4 is 11.5 Å². The molecule has 3 rings (SSSR count). The number of fused-ring (bicyclic) bond motifs is 1. The van der Waals surface area contributed by atoms with E-state index in [4.69, 9.17) is 9.47 Å². The highest BCUT2D eigenvalue weighted by molar-refractivity contribution is 6.18. The van der Waals surface area contributed by atoms with E-state index in [1.165, 1.54) is 0 Å². The number of hydrogen-bond donors (Lipinski definition) is 1. The largest absolute Gasteiger partial charge is 0.508 e. The minimum atomic E-state index is -0.533. The maximum absolute atomic E-state index is 12.1. The van der Waals surface area contributed by atoms with Gasteiger partial charge in [0.05, 0.1) is 6.61 Å². The Labute approximate surface area is 128 Å². The van der Waals surface area contributed by atoms with E-state index >= 15 is 0 Å². The molecule has 0 atom stereocenters. The van der Waals surface area contributed by atoms with Gasteiger partial charge in [-0.15, -0.1) is 0 Å². The van der Waals surface area contributed by atoms with Crippen molar-refractivity contribution in [1.29, 1.82) is 0 Å². The summed E-state index contributed by atoms with van der Waals surface area (Å²) in [5.41, 5.74) is 2.71. The standard InChI is InChI=1S/C18H16O4/c1-2-21-18(20)17-14-10-13(12-6-4-3-5-7-12)8-9-16(14)22-11-15(17)19/h3-10,19H,2,11H2,1H3. The van der Waals surface area contributed by atoms with E-state index in [-0.39, 0.29) is 24.5 Å². The molecule has 0 saturated heterocycles. The molecule has 112 valence electrons. The van der Waals surface area contributed by atoms with Crippen molar-refractivity contribution in [3.8, 4) is 16.9 Å². The van der Waals surface area contributed by atoms with Crippen LogP contribution in [-0.2, 0) is 9.53 Å². The third-order valence-corrected chi connectivity index (χ3v) is 3.49. The van der Waals surface area contributed by atoms with Gasteiger partial charge in [0.25, 0.3) is 0 Å². The molecule has 0 spiro atoms. The van der Waals surface area contributed by atoms with Crippen LogP contribution in [0.4, 0.5) is 0 Å². The molecule has 0 saturated carbocycles. The lowest BCUT2D eigenvalue weighted by Crippen LogP contribution is -2.18. The van der Waals surface area contributed by atoms with Gasteiger partial charge in [0.1, 0.15) is 23.7 Å². The third-order valence-electron chi connectivity index (χ3n) is 3.49. The number of carbonyl (C=O) groups is 1. The molecule has 0 aliphatic carbocycles. The highest BCUT2D eigenvalue weighted by Gasteiger charge is 2.27. The first-order chi connectivity index (χ1) is 10.7. The second kappa shape index (κ2) is 5.93. The van der Waals surface area contributed by atoms with Crippen molar-refractivity contribution in [3.05, 3.63) is 59.9 Å². The molecule has 4 heteroatoms. The van der Waals surface area contributed by atoms with E-state index in [1.807, 2.05) is 48.5 Å². The Balaban J connectivity index is 2.09. The van der Waals surface area contributed by atoms with E-state index in [2.05, 4.69) is 0 Å². The number of hydrogen-bond acceptors (Lipinski definition) is 4. The second-order valence-electron chi connectivity index (χ2n) is 4.91. The van der Waals surface area contributed by atoms with Crippen LogP contribution in [0.3, 0.4) is 0 Å². The lowest BCUT2D eigenvalue weighted by atomic mass is 9.96. The molecule has 0 aromatic heterocycles. The van der Waals surface area contributed by atoms with Crippen molar-refractivity contribution in [1.82, 2.24) is 0 Å². The smallest absolute Gasteiger partial charge is 0.342 e. The Kier molecular flexibility index (Phi) is 3.83. The molecule has 2 aromatic carbocycles.